The molecule has 0 saturated carbocycles. The number of rotatable bonds is 7. The average molecular weight is 374 g/mol. The number of carbonyl (C=O) groups is 1. The summed E-state index contributed by atoms with van der Waals surface area (Å²) in [5.74, 6) is 1.14. The number of thioether (sulfide) groups is 1. The second-order valence-electron chi connectivity index (χ2n) is 7.02. The van der Waals surface area contributed by atoms with Gasteiger partial charge in [-0.1, -0.05) is 44.2 Å². The molecule has 0 aliphatic carbocycles. The molecule has 26 heavy (non-hydrogen) atoms. The lowest BCUT2D eigenvalue weighted by molar-refractivity contribution is -0.130. The Bertz CT molecular complexity index is 715. The highest BCUT2D eigenvalue weighted by atomic mass is 32.2. The minimum Gasteiger partial charge on any atom is -0.342 e. The SMILES string of the molecule is CCCCc1ccc(-n2nnnc2SCC(=O)N2CCCC(C)C2)cc1. The van der Waals surface area contributed by atoms with Crippen molar-refractivity contribution in [3.63, 3.8) is 0 Å². The van der Waals surface area contributed by atoms with E-state index < -0.39 is 0 Å². The van der Waals surface area contributed by atoms with Crippen molar-refractivity contribution in [2.45, 2.75) is 51.1 Å². The van der Waals surface area contributed by atoms with Crippen LogP contribution < -0.4 is 0 Å². The number of unbranched alkanes of at least 4 members (excludes halogenated alkanes) is 1. The van der Waals surface area contributed by atoms with Crippen LogP contribution in [0.3, 0.4) is 0 Å². The third-order valence-corrected chi connectivity index (χ3v) is 5.68. The van der Waals surface area contributed by atoms with Crippen molar-refractivity contribution in [1.82, 2.24) is 25.1 Å². The highest BCUT2D eigenvalue weighted by Crippen LogP contribution is 2.21. The minimum atomic E-state index is 0.172. The Morgan fingerprint density at radius 2 is 2.12 bits per heavy atom. The molecule has 140 valence electrons. The number of aromatic nitrogens is 4. The molecule has 0 spiro atoms. The number of aryl methyl sites for hydroxylation is 1. The van der Waals surface area contributed by atoms with Crippen LogP contribution in [0.5, 0.6) is 0 Å². The molecule has 3 rings (SSSR count). The predicted octanol–water partition coefficient (Wildman–Crippen LogP) is 3.36. The van der Waals surface area contributed by atoms with Gasteiger partial charge in [0, 0.05) is 13.1 Å². The van der Waals surface area contributed by atoms with Crippen molar-refractivity contribution in [1.29, 1.82) is 0 Å². The first-order chi connectivity index (χ1) is 12.7. The lowest BCUT2D eigenvalue weighted by Gasteiger charge is -2.30. The first-order valence-corrected chi connectivity index (χ1v) is 10.4. The van der Waals surface area contributed by atoms with Gasteiger partial charge in [-0.05, 0) is 59.7 Å². The van der Waals surface area contributed by atoms with Crippen LogP contribution in [0.15, 0.2) is 29.4 Å². The Labute approximate surface area is 159 Å². The van der Waals surface area contributed by atoms with Gasteiger partial charge in [-0.25, -0.2) is 0 Å². The number of likely N-dealkylation sites (tertiary alicyclic amines) is 1. The van der Waals surface area contributed by atoms with E-state index in [-0.39, 0.29) is 5.91 Å². The van der Waals surface area contributed by atoms with Gasteiger partial charge in [-0.3, -0.25) is 4.79 Å². The van der Waals surface area contributed by atoms with Crippen LogP contribution in [-0.2, 0) is 11.2 Å². The molecule has 7 heteroatoms. The van der Waals surface area contributed by atoms with Crippen LogP contribution in [0.25, 0.3) is 5.69 Å². The minimum absolute atomic E-state index is 0.172. The standard InChI is InChI=1S/C19H27N5OS/c1-3-4-7-16-8-10-17(11-9-16)24-19(20-21-22-24)26-14-18(25)23-12-5-6-15(2)13-23/h8-11,15H,3-7,12-14H2,1-2H3. The first kappa shape index (κ1) is 18.9. The third kappa shape index (κ3) is 4.84. The zero-order valence-corrected chi connectivity index (χ0v) is 16.4. The van der Waals surface area contributed by atoms with E-state index in [2.05, 4.69) is 41.5 Å². The summed E-state index contributed by atoms with van der Waals surface area (Å²) in [7, 11) is 0. The lowest BCUT2D eigenvalue weighted by atomic mass is 10.0. The van der Waals surface area contributed by atoms with E-state index in [1.807, 2.05) is 17.0 Å². The molecule has 6 nitrogen and oxygen atoms in total. The molecule has 2 aromatic rings. The van der Waals surface area contributed by atoms with Crippen molar-refractivity contribution in [2.24, 2.45) is 5.92 Å². The molecule has 0 radical (unpaired) electrons. The summed E-state index contributed by atoms with van der Waals surface area (Å²) >= 11 is 1.41. The Hall–Kier alpha value is -1.89. The third-order valence-electron chi connectivity index (χ3n) is 4.78. The lowest BCUT2D eigenvalue weighted by Crippen LogP contribution is -2.40. The second kappa shape index (κ2) is 9.16. The van der Waals surface area contributed by atoms with E-state index in [4.69, 9.17) is 0 Å². The van der Waals surface area contributed by atoms with E-state index in [1.54, 1.807) is 4.68 Å². The van der Waals surface area contributed by atoms with Crippen LogP contribution in [-0.4, -0.2) is 49.9 Å². The summed E-state index contributed by atoms with van der Waals surface area (Å²) in [4.78, 5) is 14.4. The molecule has 1 unspecified atom stereocenters. The summed E-state index contributed by atoms with van der Waals surface area (Å²) in [6.45, 7) is 6.14. The number of benzene rings is 1. The van der Waals surface area contributed by atoms with E-state index >= 15 is 0 Å². The Morgan fingerprint density at radius 1 is 1.31 bits per heavy atom. The van der Waals surface area contributed by atoms with E-state index in [0.29, 0.717) is 16.8 Å². The smallest absolute Gasteiger partial charge is 0.233 e. The number of hydrogen-bond acceptors (Lipinski definition) is 5. The maximum absolute atomic E-state index is 12.5. The molecule has 1 saturated heterocycles. The molecular weight excluding hydrogens is 346 g/mol. The van der Waals surface area contributed by atoms with Crippen molar-refractivity contribution < 1.29 is 4.79 Å². The van der Waals surface area contributed by atoms with Crippen molar-refractivity contribution in [3.8, 4) is 5.69 Å². The van der Waals surface area contributed by atoms with Crippen LogP contribution >= 0.6 is 11.8 Å². The van der Waals surface area contributed by atoms with Crippen molar-refractivity contribution in [2.75, 3.05) is 18.8 Å². The Kier molecular flexibility index (Phi) is 6.66. The zero-order chi connectivity index (χ0) is 18.4. The molecule has 1 aromatic carbocycles. The van der Waals surface area contributed by atoms with Gasteiger partial charge in [0.1, 0.15) is 0 Å². The molecular formula is C19H27N5OS. The second-order valence-corrected chi connectivity index (χ2v) is 7.96. The Balaban J connectivity index is 1.60. The largest absolute Gasteiger partial charge is 0.342 e. The summed E-state index contributed by atoms with van der Waals surface area (Å²) in [5.41, 5.74) is 2.25. The van der Waals surface area contributed by atoms with Crippen LogP contribution in [0.2, 0.25) is 0 Å². The fourth-order valence-electron chi connectivity index (χ4n) is 3.25. The van der Waals surface area contributed by atoms with Gasteiger partial charge in [0.15, 0.2) is 0 Å². The van der Waals surface area contributed by atoms with Gasteiger partial charge < -0.3 is 4.90 Å². The maximum atomic E-state index is 12.5. The van der Waals surface area contributed by atoms with Gasteiger partial charge >= 0.3 is 0 Å². The van der Waals surface area contributed by atoms with Gasteiger partial charge in [0.2, 0.25) is 11.1 Å². The fourth-order valence-corrected chi connectivity index (χ4v) is 4.04. The normalized spacial score (nSPS) is 17.5. The van der Waals surface area contributed by atoms with Crippen LogP contribution in [0.1, 0.15) is 45.1 Å². The van der Waals surface area contributed by atoms with Gasteiger partial charge in [0.25, 0.3) is 0 Å². The summed E-state index contributed by atoms with van der Waals surface area (Å²) in [5, 5.41) is 12.6. The molecule has 0 N–H and O–H groups in total. The monoisotopic (exact) mass is 373 g/mol. The number of amides is 1. The van der Waals surface area contributed by atoms with Crippen molar-refractivity contribution >= 4 is 17.7 Å². The molecule has 1 aliphatic rings. The quantitative estimate of drug-likeness (QED) is 0.697. The van der Waals surface area contributed by atoms with E-state index in [0.717, 1.165) is 31.6 Å². The van der Waals surface area contributed by atoms with Gasteiger partial charge in [-0.2, -0.15) is 4.68 Å². The molecule has 0 bridgehead atoms. The molecule has 1 atom stereocenters. The molecule has 1 aliphatic heterocycles. The topological polar surface area (TPSA) is 63.9 Å². The fraction of sp³-hybridized carbons (Fsp3) is 0.579. The van der Waals surface area contributed by atoms with Gasteiger partial charge in [-0.15, -0.1) is 5.10 Å². The van der Waals surface area contributed by atoms with E-state index in [9.17, 15) is 4.79 Å². The highest BCUT2D eigenvalue weighted by Gasteiger charge is 2.21. The summed E-state index contributed by atoms with van der Waals surface area (Å²) in [6, 6.07) is 8.34. The van der Waals surface area contributed by atoms with Crippen LogP contribution in [0, 0.1) is 5.92 Å². The molecule has 1 amide bonds. The molecule has 1 aromatic heterocycles. The van der Waals surface area contributed by atoms with Crippen molar-refractivity contribution in [3.05, 3.63) is 29.8 Å². The molecule has 2 heterocycles. The summed E-state index contributed by atoms with van der Waals surface area (Å²) < 4.78 is 1.71. The van der Waals surface area contributed by atoms with E-state index in [1.165, 1.54) is 36.6 Å². The highest BCUT2D eigenvalue weighted by molar-refractivity contribution is 7.99. The number of piperidine rings is 1. The number of tetrazole rings is 1. The average Bonchev–Trinajstić information content (AvgIpc) is 3.13. The number of carbonyl (C=O) groups excluding carboxylic acids is 1. The maximum Gasteiger partial charge on any atom is 0.233 e. The summed E-state index contributed by atoms with van der Waals surface area (Å²) in [6.07, 6.45) is 5.79. The zero-order valence-electron chi connectivity index (χ0n) is 15.6. The van der Waals surface area contributed by atoms with Crippen LogP contribution in [0.4, 0.5) is 0 Å². The number of hydrogen-bond donors (Lipinski definition) is 0. The predicted molar refractivity (Wildman–Crippen MR) is 103 cm³/mol. The Morgan fingerprint density at radius 3 is 2.85 bits per heavy atom. The molecule has 1 fully saturated rings. The number of nitrogens with zero attached hydrogens (tertiary/aromatic N) is 5. The first-order valence-electron chi connectivity index (χ1n) is 9.45. The van der Waals surface area contributed by atoms with Gasteiger partial charge in [0.05, 0.1) is 11.4 Å².